The molecule has 0 radical (unpaired) electrons. The zero-order valence-corrected chi connectivity index (χ0v) is 37.8. The molecule has 2 amide bonds. The topological polar surface area (TPSA) is 263 Å². The Morgan fingerprint density at radius 1 is 1.02 bits per heavy atom. The number of nitrogens with one attached hydrogen (secondary N) is 2. The fraction of sp³-hybridized carbons (Fsp3) is 0.314. The van der Waals surface area contributed by atoms with E-state index in [-0.39, 0.29) is 112 Å². The Balaban J connectivity index is 0.00000561. The molecular formula is C35H36N10Na2O8S2. The van der Waals surface area contributed by atoms with Crippen molar-refractivity contribution in [1.29, 1.82) is 10.5 Å². The number of amides is 2. The molecule has 288 valence electrons. The first-order chi connectivity index (χ1) is 26.1. The van der Waals surface area contributed by atoms with E-state index < -0.39 is 33.1 Å². The molecule has 0 atom stereocenters. The van der Waals surface area contributed by atoms with Crippen LogP contribution in [0.1, 0.15) is 68.6 Å². The fourth-order valence-corrected chi connectivity index (χ4v) is 6.19. The number of nitrogens with zero attached hydrogens (tertiary/aromatic N) is 8. The van der Waals surface area contributed by atoms with Gasteiger partial charge in [-0.25, -0.2) is 13.4 Å². The second-order valence-electron chi connectivity index (χ2n) is 12.8. The zero-order chi connectivity index (χ0) is 40.2. The molecule has 4 rings (SSSR count). The molecule has 0 aliphatic carbocycles. The number of aromatic nitrogens is 3. The van der Waals surface area contributed by atoms with Gasteiger partial charge in [0.2, 0.25) is 5.91 Å². The molecule has 2 heterocycles. The molecule has 22 heteroatoms. The molecule has 2 aromatic carbocycles. The minimum absolute atomic E-state index is 0. The van der Waals surface area contributed by atoms with Gasteiger partial charge >= 0.3 is 59.1 Å². The fourth-order valence-electron chi connectivity index (χ4n) is 5.21. The number of rotatable bonds is 17. The summed E-state index contributed by atoms with van der Waals surface area (Å²) in [5, 5.41) is 52.4. The predicted octanol–water partition coefficient (Wildman–Crippen LogP) is -0.653. The average molecular weight is 835 g/mol. The van der Waals surface area contributed by atoms with E-state index in [1.807, 2.05) is 25.7 Å². The Morgan fingerprint density at radius 3 is 2.42 bits per heavy atom. The molecule has 0 aliphatic heterocycles. The minimum atomic E-state index is -4.37. The quantitative estimate of drug-likeness (QED) is 0.0255. The first-order valence-electron chi connectivity index (χ1n) is 16.6. The molecule has 18 nitrogen and oxygen atoms in total. The number of carbonyl (C=O) groups excluding carboxylic acids is 2. The predicted molar refractivity (Wildman–Crippen MR) is 198 cm³/mol. The molecule has 2 N–H and O–H groups in total. The van der Waals surface area contributed by atoms with Crippen LogP contribution in [0.5, 0.6) is 0 Å². The number of unbranched alkanes of at least 4 members (excludes halogenated alkanes) is 1. The number of anilines is 3. The second-order valence-corrected chi connectivity index (χ2v) is 15.1. The Hall–Kier alpha value is -3.74. The standard InChI is InChI=1S/C35H38N10O8S2.2Na/c1-23(46)39-30-21-25(44(18-9-15-36)17-5-6-19-55(49,50)51)13-14-28(30)41-42-32-27(22-37)31(35(2,3)4)43-45(32)33-29(12-8-16-38-33)40-34(47)24-10-7-11-26(20-24)54-53-52-48;;/h7-8,10-14,16,20-21,48H,5-6,9,17-19H2,1-4H3,(H,39,46)(H,40,47)(H,49,50,51);;/q;2*+1/p-2. The zero-order valence-electron chi connectivity index (χ0n) is 32.2. The van der Waals surface area contributed by atoms with Crippen LogP contribution in [0.4, 0.5) is 28.6 Å². The Morgan fingerprint density at radius 2 is 1.77 bits per heavy atom. The van der Waals surface area contributed by atoms with Gasteiger partial charge in [-0.3, -0.25) is 14.6 Å². The molecule has 0 saturated heterocycles. The van der Waals surface area contributed by atoms with Gasteiger partial charge in [0.25, 0.3) is 5.91 Å². The largest absolute Gasteiger partial charge is 1.00 e. The van der Waals surface area contributed by atoms with E-state index in [1.54, 1.807) is 48.5 Å². The van der Waals surface area contributed by atoms with Crippen molar-refractivity contribution in [3.05, 3.63) is 77.6 Å². The van der Waals surface area contributed by atoms with E-state index in [0.29, 0.717) is 47.8 Å². The summed E-state index contributed by atoms with van der Waals surface area (Å²) < 4.78 is 38.9. The molecule has 0 unspecified atom stereocenters. The Kier molecular flexibility index (Phi) is 19.9. The summed E-state index contributed by atoms with van der Waals surface area (Å²) in [6.07, 6.45) is 2.12. The van der Waals surface area contributed by atoms with Crippen LogP contribution in [-0.4, -0.2) is 58.4 Å². The average Bonchev–Trinajstić information content (AvgIpc) is 3.52. The van der Waals surface area contributed by atoms with Gasteiger partial charge in [-0.1, -0.05) is 26.8 Å². The van der Waals surface area contributed by atoms with Crippen LogP contribution in [-0.2, 0) is 29.7 Å². The third-order valence-corrected chi connectivity index (χ3v) is 9.01. The molecule has 2 aromatic heterocycles. The van der Waals surface area contributed by atoms with Crippen molar-refractivity contribution in [2.24, 2.45) is 10.2 Å². The van der Waals surface area contributed by atoms with Crippen LogP contribution in [0.25, 0.3) is 5.82 Å². The number of benzene rings is 2. The van der Waals surface area contributed by atoms with E-state index >= 15 is 0 Å². The normalized spacial score (nSPS) is 11.2. The van der Waals surface area contributed by atoms with Gasteiger partial charge in [0.15, 0.2) is 11.6 Å². The summed E-state index contributed by atoms with van der Waals surface area (Å²) in [6, 6.07) is 18.6. The number of nitriles is 2. The number of carbonyl (C=O) groups is 2. The van der Waals surface area contributed by atoms with Crippen molar-refractivity contribution in [1.82, 2.24) is 14.8 Å². The van der Waals surface area contributed by atoms with Gasteiger partial charge in [0.05, 0.1) is 51.7 Å². The van der Waals surface area contributed by atoms with Gasteiger partial charge in [-0.15, -0.1) is 10.2 Å². The third-order valence-electron chi connectivity index (χ3n) is 7.65. The first-order valence-corrected chi connectivity index (χ1v) is 18.9. The van der Waals surface area contributed by atoms with Crippen molar-refractivity contribution in [2.45, 2.75) is 57.3 Å². The van der Waals surface area contributed by atoms with Crippen LogP contribution in [0.2, 0.25) is 0 Å². The minimum Gasteiger partial charge on any atom is -0.748 e. The van der Waals surface area contributed by atoms with Crippen LogP contribution < -0.4 is 79.9 Å². The summed E-state index contributed by atoms with van der Waals surface area (Å²) >= 11 is 0.627. The van der Waals surface area contributed by atoms with E-state index in [0.717, 1.165) is 0 Å². The number of pyridine rings is 1. The number of hydrogen-bond donors (Lipinski definition) is 2. The van der Waals surface area contributed by atoms with E-state index in [1.165, 1.54) is 23.9 Å². The molecule has 0 saturated carbocycles. The van der Waals surface area contributed by atoms with Crippen LogP contribution in [0, 0.1) is 22.7 Å². The van der Waals surface area contributed by atoms with Crippen LogP contribution in [0.3, 0.4) is 0 Å². The molecular weight excluding hydrogens is 799 g/mol. The molecule has 0 fully saturated rings. The maximum atomic E-state index is 13.4. The van der Waals surface area contributed by atoms with Gasteiger partial charge in [-0.05, 0) is 61.4 Å². The van der Waals surface area contributed by atoms with Crippen molar-refractivity contribution in [3.63, 3.8) is 0 Å². The number of azo groups is 1. The molecule has 0 aliphatic rings. The van der Waals surface area contributed by atoms with Gasteiger partial charge in [0.1, 0.15) is 17.3 Å². The van der Waals surface area contributed by atoms with E-state index in [4.69, 9.17) is 5.10 Å². The summed E-state index contributed by atoms with van der Waals surface area (Å²) in [5.41, 5.74) is 1.27. The van der Waals surface area contributed by atoms with Crippen molar-refractivity contribution in [2.75, 3.05) is 34.4 Å². The monoisotopic (exact) mass is 834 g/mol. The molecule has 57 heavy (non-hydrogen) atoms. The van der Waals surface area contributed by atoms with Crippen molar-refractivity contribution >= 4 is 62.5 Å². The van der Waals surface area contributed by atoms with E-state index in [2.05, 4.69) is 47.4 Å². The third kappa shape index (κ3) is 14.5. The summed E-state index contributed by atoms with van der Waals surface area (Å²) in [7, 11) is -4.37. The maximum absolute atomic E-state index is 13.4. The van der Waals surface area contributed by atoms with Crippen LogP contribution in [0.15, 0.2) is 75.9 Å². The van der Waals surface area contributed by atoms with Crippen LogP contribution >= 0.6 is 12.0 Å². The number of hydrogen-bond acceptors (Lipinski definition) is 16. The Bertz CT molecular complexity index is 2250. The molecule has 4 aromatic rings. The second kappa shape index (κ2) is 23.0. The summed E-state index contributed by atoms with van der Waals surface area (Å²) in [4.78, 5) is 32.4. The van der Waals surface area contributed by atoms with Gasteiger partial charge in [-0.2, -0.15) is 24.6 Å². The summed E-state index contributed by atoms with van der Waals surface area (Å²) in [6.45, 7) is 7.51. The SMILES string of the molecule is CC(=O)Nc1cc(N(CCC#N)CCCCS(=O)(=O)[O-])ccc1N=Nc1c(C#N)c(C(C)(C)C)nn1-c1ncccc1NC(=O)c1cccc(SOO[O-])c1.[Na+].[Na+]. The smallest absolute Gasteiger partial charge is 0.748 e. The van der Waals surface area contributed by atoms with Gasteiger partial charge < -0.3 is 25.3 Å². The molecule has 0 bridgehead atoms. The summed E-state index contributed by atoms with van der Waals surface area (Å²) in [5.74, 6) is -1.37. The van der Waals surface area contributed by atoms with Crippen molar-refractivity contribution in [3.8, 4) is 18.0 Å². The first kappa shape index (κ1) is 49.4. The van der Waals surface area contributed by atoms with Crippen molar-refractivity contribution < 1.29 is 96.3 Å². The van der Waals surface area contributed by atoms with E-state index in [9.17, 15) is 38.3 Å². The maximum Gasteiger partial charge on any atom is 1.00 e. The Labute approximate surface area is 378 Å². The molecule has 0 spiro atoms. The van der Waals surface area contributed by atoms with Gasteiger partial charge in [0, 0.05) is 53.5 Å².